The standard InChI is InChI=1S/C24H35N3O6.C2H4O2/c1-14(2)9-21(30)25-12-19(29)13-26-24(32)23(15(3)4)27-22(31)11-18-10-17(16(5)28)7-8-20(18)33-6;1-2(3)4/h7-8,10,14-15,23H,9,11-13H2,1-6H3,(H,25,30)(H,26,32)(H,27,31);1H3,(H,3,4). The third-order valence-electron chi connectivity index (χ3n) is 4.84. The van der Waals surface area contributed by atoms with Crippen molar-refractivity contribution >= 4 is 35.3 Å². The molecule has 1 rings (SSSR count). The number of carboxylic acid groups (broad SMARTS) is 1. The van der Waals surface area contributed by atoms with E-state index in [1.54, 1.807) is 32.0 Å². The maximum absolute atomic E-state index is 12.6. The van der Waals surface area contributed by atoms with E-state index < -0.39 is 23.8 Å². The Morgan fingerprint density at radius 2 is 1.49 bits per heavy atom. The molecule has 0 saturated carbocycles. The van der Waals surface area contributed by atoms with Crippen molar-refractivity contribution < 1.29 is 38.6 Å². The minimum absolute atomic E-state index is 0.0817. The summed E-state index contributed by atoms with van der Waals surface area (Å²) in [7, 11) is 1.47. The van der Waals surface area contributed by atoms with Crippen LogP contribution in [0.3, 0.4) is 0 Å². The van der Waals surface area contributed by atoms with Crippen molar-refractivity contribution in [1.82, 2.24) is 16.0 Å². The topological polar surface area (TPSA) is 168 Å². The molecule has 0 fully saturated rings. The molecule has 3 amide bonds. The number of aliphatic carboxylic acids is 1. The van der Waals surface area contributed by atoms with Gasteiger partial charge in [-0.15, -0.1) is 0 Å². The van der Waals surface area contributed by atoms with Crippen LogP contribution in [0.15, 0.2) is 18.2 Å². The fourth-order valence-corrected chi connectivity index (χ4v) is 3.07. The highest BCUT2D eigenvalue weighted by molar-refractivity contribution is 5.95. The average Bonchev–Trinajstić information content (AvgIpc) is 2.78. The van der Waals surface area contributed by atoms with Crippen LogP contribution in [0.4, 0.5) is 0 Å². The number of rotatable bonds is 13. The first-order chi connectivity index (χ1) is 17.2. The van der Waals surface area contributed by atoms with Crippen LogP contribution in [0.25, 0.3) is 0 Å². The number of hydrogen-bond acceptors (Lipinski definition) is 7. The Kier molecular flexibility index (Phi) is 15.1. The molecule has 1 atom stereocenters. The molecule has 0 spiro atoms. The van der Waals surface area contributed by atoms with Crippen molar-refractivity contribution in [2.24, 2.45) is 11.8 Å². The zero-order valence-corrected chi connectivity index (χ0v) is 22.6. The third kappa shape index (κ3) is 14.4. The van der Waals surface area contributed by atoms with Gasteiger partial charge in [0.1, 0.15) is 11.8 Å². The van der Waals surface area contributed by atoms with Crippen LogP contribution in [0.5, 0.6) is 5.75 Å². The van der Waals surface area contributed by atoms with Crippen LogP contribution in [0, 0.1) is 11.8 Å². The maximum Gasteiger partial charge on any atom is 0.300 e. The normalized spacial score (nSPS) is 11.1. The summed E-state index contributed by atoms with van der Waals surface area (Å²) in [6.45, 7) is 9.44. The lowest BCUT2D eigenvalue weighted by Gasteiger charge is -2.22. The number of nitrogens with one attached hydrogen (secondary N) is 3. The van der Waals surface area contributed by atoms with Crippen LogP contribution in [0.1, 0.15) is 63.9 Å². The van der Waals surface area contributed by atoms with Crippen molar-refractivity contribution in [3.63, 3.8) is 0 Å². The monoisotopic (exact) mass is 521 g/mol. The second-order valence-corrected chi connectivity index (χ2v) is 9.20. The first-order valence-corrected chi connectivity index (χ1v) is 11.9. The number of amides is 3. The summed E-state index contributed by atoms with van der Waals surface area (Å²) in [5.41, 5.74) is 0.980. The van der Waals surface area contributed by atoms with Gasteiger partial charge < -0.3 is 25.8 Å². The molecule has 1 aromatic rings. The SMILES string of the molecule is CC(=O)O.COc1ccc(C(C)=O)cc1CC(=O)NC(C(=O)NCC(=O)CNC(=O)CC(C)C)C(C)C. The zero-order chi connectivity index (χ0) is 28.7. The Morgan fingerprint density at radius 1 is 0.919 bits per heavy atom. The Hall–Kier alpha value is -3.76. The minimum Gasteiger partial charge on any atom is -0.496 e. The molecule has 206 valence electrons. The Morgan fingerprint density at radius 3 is 1.97 bits per heavy atom. The van der Waals surface area contributed by atoms with E-state index in [4.69, 9.17) is 14.6 Å². The number of carbonyl (C=O) groups excluding carboxylic acids is 5. The smallest absolute Gasteiger partial charge is 0.300 e. The Labute approximate surface area is 217 Å². The van der Waals surface area contributed by atoms with Crippen LogP contribution in [-0.4, -0.2) is 66.6 Å². The van der Waals surface area contributed by atoms with E-state index in [9.17, 15) is 24.0 Å². The van der Waals surface area contributed by atoms with E-state index in [1.807, 2.05) is 13.8 Å². The lowest BCUT2D eigenvalue weighted by atomic mass is 10.0. The van der Waals surface area contributed by atoms with Gasteiger partial charge in [0.05, 0.1) is 26.6 Å². The minimum atomic E-state index is -0.859. The molecule has 4 N–H and O–H groups in total. The molecule has 0 aliphatic rings. The van der Waals surface area contributed by atoms with E-state index >= 15 is 0 Å². The van der Waals surface area contributed by atoms with Crippen molar-refractivity contribution in [3.8, 4) is 5.75 Å². The molecule has 0 radical (unpaired) electrons. The molecule has 11 heteroatoms. The summed E-state index contributed by atoms with van der Waals surface area (Å²) < 4.78 is 5.27. The van der Waals surface area contributed by atoms with Crippen molar-refractivity contribution in [3.05, 3.63) is 29.3 Å². The first-order valence-electron chi connectivity index (χ1n) is 11.9. The molecule has 0 aliphatic heterocycles. The van der Waals surface area contributed by atoms with Crippen LogP contribution < -0.4 is 20.7 Å². The van der Waals surface area contributed by atoms with Crippen LogP contribution in [0.2, 0.25) is 0 Å². The van der Waals surface area contributed by atoms with E-state index in [1.165, 1.54) is 14.0 Å². The molecule has 0 saturated heterocycles. The number of methoxy groups -OCH3 is 1. The second-order valence-electron chi connectivity index (χ2n) is 9.20. The number of ketones is 2. The van der Waals surface area contributed by atoms with Gasteiger partial charge in [-0.05, 0) is 37.0 Å². The molecule has 37 heavy (non-hydrogen) atoms. The molecular weight excluding hydrogens is 482 g/mol. The fourth-order valence-electron chi connectivity index (χ4n) is 3.07. The Bertz CT molecular complexity index is 969. The summed E-state index contributed by atoms with van der Waals surface area (Å²) in [6, 6.07) is 3.98. The van der Waals surface area contributed by atoms with Gasteiger partial charge in [0.2, 0.25) is 17.7 Å². The van der Waals surface area contributed by atoms with Crippen molar-refractivity contribution in [2.45, 2.75) is 60.4 Å². The third-order valence-corrected chi connectivity index (χ3v) is 4.84. The molecule has 1 aromatic carbocycles. The van der Waals surface area contributed by atoms with Crippen LogP contribution >= 0.6 is 0 Å². The second kappa shape index (κ2) is 16.8. The van der Waals surface area contributed by atoms with Gasteiger partial charge in [0.25, 0.3) is 5.97 Å². The largest absolute Gasteiger partial charge is 0.496 e. The average molecular weight is 522 g/mol. The molecular formula is C26H39N3O8. The Balaban J connectivity index is 0.00000300. The highest BCUT2D eigenvalue weighted by Gasteiger charge is 2.25. The van der Waals surface area contributed by atoms with Crippen molar-refractivity contribution in [2.75, 3.05) is 20.2 Å². The molecule has 1 unspecified atom stereocenters. The molecule has 0 heterocycles. The summed E-state index contributed by atoms with van der Waals surface area (Å²) >= 11 is 0. The highest BCUT2D eigenvalue weighted by atomic mass is 16.5. The van der Waals surface area contributed by atoms with Crippen molar-refractivity contribution in [1.29, 1.82) is 0 Å². The summed E-state index contributed by atoms with van der Waals surface area (Å²) in [5.74, 6) is -2.05. The number of benzene rings is 1. The number of ether oxygens (including phenoxy) is 1. The van der Waals surface area contributed by atoms with E-state index in [2.05, 4.69) is 16.0 Å². The highest BCUT2D eigenvalue weighted by Crippen LogP contribution is 2.21. The van der Waals surface area contributed by atoms with Gasteiger partial charge >= 0.3 is 0 Å². The lowest BCUT2D eigenvalue weighted by molar-refractivity contribution is -0.134. The van der Waals surface area contributed by atoms with Gasteiger partial charge in [-0.25, -0.2) is 0 Å². The van der Waals surface area contributed by atoms with Gasteiger partial charge in [0, 0.05) is 24.5 Å². The van der Waals surface area contributed by atoms with Gasteiger partial charge in [0.15, 0.2) is 11.6 Å². The van der Waals surface area contributed by atoms with E-state index in [0.717, 1.165) is 6.92 Å². The zero-order valence-electron chi connectivity index (χ0n) is 22.6. The molecule has 0 aliphatic carbocycles. The summed E-state index contributed by atoms with van der Waals surface area (Å²) in [4.78, 5) is 69.5. The van der Waals surface area contributed by atoms with E-state index in [-0.39, 0.29) is 48.8 Å². The molecule has 0 bridgehead atoms. The van der Waals surface area contributed by atoms with Gasteiger partial charge in [-0.2, -0.15) is 0 Å². The fraction of sp³-hybridized carbons (Fsp3) is 0.538. The maximum atomic E-state index is 12.6. The first kappa shape index (κ1) is 33.2. The van der Waals surface area contributed by atoms with E-state index in [0.29, 0.717) is 23.3 Å². The van der Waals surface area contributed by atoms with Crippen LogP contribution in [-0.2, 0) is 30.4 Å². The molecule has 0 aromatic heterocycles. The number of carbonyl (C=O) groups is 6. The predicted octanol–water partition coefficient (Wildman–Crippen LogP) is 1.52. The molecule has 11 nitrogen and oxygen atoms in total. The quantitative estimate of drug-likeness (QED) is 0.283. The van der Waals surface area contributed by atoms with Gasteiger partial charge in [-0.1, -0.05) is 27.7 Å². The lowest BCUT2D eigenvalue weighted by Crippen LogP contribution is -2.51. The summed E-state index contributed by atoms with van der Waals surface area (Å²) in [5, 5.41) is 15.2. The number of hydrogen-bond donors (Lipinski definition) is 4. The van der Waals surface area contributed by atoms with Gasteiger partial charge in [-0.3, -0.25) is 28.8 Å². The predicted molar refractivity (Wildman–Crippen MR) is 137 cm³/mol. The number of carboxylic acids is 1. The summed E-state index contributed by atoms with van der Waals surface area (Å²) in [6.07, 6.45) is 0.239. The number of Topliss-reactive ketones (excluding diaryl/α,β-unsaturated/α-hetero) is 2.